The smallest absolute Gasteiger partial charge is 0.127 e. The van der Waals surface area contributed by atoms with Gasteiger partial charge in [-0.3, -0.25) is 4.98 Å². The van der Waals surface area contributed by atoms with E-state index < -0.39 is 0 Å². The van der Waals surface area contributed by atoms with Crippen molar-refractivity contribution >= 4 is 12.2 Å². The first kappa shape index (κ1) is 10.8. The predicted octanol–water partition coefficient (Wildman–Crippen LogP) is 3.57. The zero-order chi connectivity index (χ0) is 12.2. The van der Waals surface area contributed by atoms with Gasteiger partial charge in [0.1, 0.15) is 12.4 Å². The molecule has 0 aliphatic carbocycles. The Kier molecular flexibility index (Phi) is 2.92. The third kappa shape index (κ3) is 2.33. The van der Waals surface area contributed by atoms with Crippen LogP contribution in [0.2, 0.25) is 0 Å². The lowest BCUT2D eigenvalue weighted by Gasteiger charge is -2.15. The van der Waals surface area contributed by atoms with Crippen molar-refractivity contribution in [3.63, 3.8) is 0 Å². The number of benzene rings is 1. The van der Waals surface area contributed by atoms with Gasteiger partial charge in [0.05, 0.1) is 0 Å². The summed E-state index contributed by atoms with van der Waals surface area (Å²) in [6, 6.07) is 12.0. The van der Waals surface area contributed by atoms with Crippen molar-refractivity contribution in [3.8, 4) is 5.75 Å². The van der Waals surface area contributed by atoms with E-state index in [9.17, 15) is 0 Å². The molecule has 0 saturated heterocycles. The third-order valence-electron chi connectivity index (χ3n) is 2.85. The van der Waals surface area contributed by atoms with E-state index in [2.05, 4.69) is 29.3 Å². The number of hydrogen-bond donors (Lipinski definition) is 0. The minimum absolute atomic E-state index is 0.624. The molecule has 0 spiro atoms. The number of aromatic nitrogens is 1. The standard InChI is InChI=1S/C16H13NO/c1-2-4-16-15(3-1)11-14(12-18-16)6-5-13-7-9-17-10-8-13/h1-11H,12H2/b6-5+. The van der Waals surface area contributed by atoms with Crippen LogP contribution in [0.5, 0.6) is 5.75 Å². The van der Waals surface area contributed by atoms with Gasteiger partial charge >= 0.3 is 0 Å². The Hall–Kier alpha value is -2.35. The molecule has 0 N–H and O–H groups in total. The van der Waals surface area contributed by atoms with E-state index in [1.807, 2.05) is 30.3 Å². The highest BCUT2D eigenvalue weighted by Gasteiger charge is 2.07. The molecule has 1 aromatic carbocycles. The fraction of sp³-hybridized carbons (Fsp3) is 0.0625. The molecule has 0 amide bonds. The van der Waals surface area contributed by atoms with Crippen LogP contribution < -0.4 is 4.74 Å². The van der Waals surface area contributed by atoms with Gasteiger partial charge in [0.25, 0.3) is 0 Å². The Bertz CT molecular complexity index is 600. The molecule has 1 aliphatic heterocycles. The summed E-state index contributed by atoms with van der Waals surface area (Å²) in [6.07, 6.45) is 9.91. The van der Waals surface area contributed by atoms with Gasteiger partial charge in [-0.25, -0.2) is 0 Å². The summed E-state index contributed by atoms with van der Waals surface area (Å²) in [4.78, 5) is 4.00. The Morgan fingerprint density at radius 3 is 2.72 bits per heavy atom. The zero-order valence-corrected chi connectivity index (χ0v) is 9.91. The topological polar surface area (TPSA) is 22.1 Å². The predicted molar refractivity (Wildman–Crippen MR) is 73.2 cm³/mol. The van der Waals surface area contributed by atoms with Gasteiger partial charge in [0, 0.05) is 18.0 Å². The number of pyridine rings is 1. The number of ether oxygens (including phenoxy) is 1. The van der Waals surface area contributed by atoms with Crippen LogP contribution >= 0.6 is 0 Å². The number of fused-ring (bicyclic) bond motifs is 1. The fourth-order valence-electron chi connectivity index (χ4n) is 1.91. The molecule has 0 bridgehead atoms. The second-order valence-corrected chi connectivity index (χ2v) is 4.16. The van der Waals surface area contributed by atoms with Crippen molar-refractivity contribution in [3.05, 3.63) is 71.6 Å². The highest BCUT2D eigenvalue weighted by atomic mass is 16.5. The van der Waals surface area contributed by atoms with Crippen molar-refractivity contribution in [2.24, 2.45) is 0 Å². The largest absolute Gasteiger partial charge is 0.488 e. The first-order valence-corrected chi connectivity index (χ1v) is 5.92. The maximum absolute atomic E-state index is 5.69. The fourth-order valence-corrected chi connectivity index (χ4v) is 1.91. The van der Waals surface area contributed by atoms with E-state index in [1.165, 1.54) is 5.57 Å². The Morgan fingerprint density at radius 2 is 1.83 bits per heavy atom. The molecule has 2 aromatic rings. The summed E-state index contributed by atoms with van der Waals surface area (Å²) in [7, 11) is 0. The summed E-state index contributed by atoms with van der Waals surface area (Å²) in [5.74, 6) is 0.957. The summed E-state index contributed by atoms with van der Waals surface area (Å²) in [5.41, 5.74) is 3.45. The highest BCUT2D eigenvalue weighted by molar-refractivity contribution is 5.66. The maximum atomic E-state index is 5.69. The van der Waals surface area contributed by atoms with Crippen LogP contribution in [0, 0.1) is 0 Å². The number of nitrogens with zero attached hydrogens (tertiary/aromatic N) is 1. The molecule has 2 heterocycles. The van der Waals surface area contributed by atoms with Crippen LogP contribution in [0.25, 0.3) is 12.2 Å². The van der Waals surface area contributed by atoms with Crippen LogP contribution in [0.4, 0.5) is 0 Å². The zero-order valence-electron chi connectivity index (χ0n) is 9.91. The van der Waals surface area contributed by atoms with Crippen molar-refractivity contribution < 1.29 is 4.74 Å². The highest BCUT2D eigenvalue weighted by Crippen LogP contribution is 2.26. The molecule has 3 rings (SSSR count). The van der Waals surface area contributed by atoms with Crippen molar-refractivity contribution in [1.82, 2.24) is 4.98 Å². The monoisotopic (exact) mass is 235 g/mol. The number of hydrogen-bond acceptors (Lipinski definition) is 2. The average Bonchev–Trinajstić information content (AvgIpc) is 2.46. The molecule has 1 aliphatic rings. The van der Waals surface area contributed by atoms with E-state index in [0.717, 1.165) is 16.9 Å². The number of rotatable bonds is 2. The van der Waals surface area contributed by atoms with Crippen molar-refractivity contribution in [1.29, 1.82) is 0 Å². The van der Waals surface area contributed by atoms with E-state index in [-0.39, 0.29) is 0 Å². The molecular weight excluding hydrogens is 222 g/mol. The lowest BCUT2D eigenvalue weighted by molar-refractivity contribution is 0.351. The summed E-state index contributed by atoms with van der Waals surface area (Å²) < 4.78 is 5.69. The third-order valence-corrected chi connectivity index (χ3v) is 2.85. The van der Waals surface area contributed by atoms with Gasteiger partial charge in [-0.2, -0.15) is 0 Å². The van der Waals surface area contributed by atoms with E-state index >= 15 is 0 Å². The van der Waals surface area contributed by atoms with Gasteiger partial charge in [-0.1, -0.05) is 30.4 Å². The molecule has 0 saturated carbocycles. The van der Waals surface area contributed by atoms with Crippen molar-refractivity contribution in [2.75, 3.05) is 6.61 Å². The van der Waals surface area contributed by atoms with Gasteiger partial charge in [-0.05, 0) is 35.4 Å². The van der Waals surface area contributed by atoms with Gasteiger partial charge in [0.2, 0.25) is 0 Å². The van der Waals surface area contributed by atoms with Crippen LogP contribution in [0.1, 0.15) is 11.1 Å². The summed E-state index contributed by atoms with van der Waals surface area (Å²) in [5, 5.41) is 0. The first-order valence-electron chi connectivity index (χ1n) is 5.92. The molecule has 18 heavy (non-hydrogen) atoms. The summed E-state index contributed by atoms with van der Waals surface area (Å²) in [6.45, 7) is 0.624. The average molecular weight is 235 g/mol. The van der Waals surface area contributed by atoms with Crippen LogP contribution in [0.3, 0.4) is 0 Å². The number of para-hydroxylation sites is 1. The maximum Gasteiger partial charge on any atom is 0.127 e. The van der Waals surface area contributed by atoms with Crippen molar-refractivity contribution in [2.45, 2.75) is 0 Å². The molecule has 0 radical (unpaired) electrons. The van der Waals surface area contributed by atoms with Gasteiger partial charge in [-0.15, -0.1) is 0 Å². The molecular formula is C16H13NO. The molecule has 0 atom stereocenters. The van der Waals surface area contributed by atoms with E-state index in [1.54, 1.807) is 12.4 Å². The molecule has 2 heteroatoms. The molecule has 2 nitrogen and oxygen atoms in total. The molecule has 0 unspecified atom stereocenters. The van der Waals surface area contributed by atoms with Crippen LogP contribution in [-0.2, 0) is 0 Å². The minimum Gasteiger partial charge on any atom is -0.488 e. The lowest BCUT2D eigenvalue weighted by atomic mass is 10.1. The minimum atomic E-state index is 0.624. The van der Waals surface area contributed by atoms with Gasteiger partial charge in [0.15, 0.2) is 0 Å². The molecule has 0 fully saturated rings. The summed E-state index contributed by atoms with van der Waals surface area (Å²) >= 11 is 0. The van der Waals surface area contributed by atoms with E-state index in [4.69, 9.17) is 4.74 Å². The second-order valence-electron chi connectivity index (χ2n) is 4.16. The van der Waals surface area contributed by atoms with Crippen LogP contribution in [0.15, 0.2) is 60.4 Å². The second kappa shape index (κ2) is 4.88. The molecule has 88 valence electrons. The Morgan fingerprint density at radius 1 is 1.00 bits per heavy atom. The Labute approximate surface area is 106 Å². The molecule has 1 aromatic heterocycles. The normalized spacial score (nSPS) is 13.9. The van der Waals surface area contributed by atoms with Gasteiger partial charge < -0.3 is 4.74 Å². The first-order chi connectivity index (χ1) is 8.92. The lowest BCUT2D eigenvalue weighted by Crippen LogP contribution is -2.05. The Balaban J connectivity index is 1.83. The SMILES string of the molecule is C1=C(/C=C/c2ccncc2)COc2ccccc21. The van der Waals surface area contributed by atoms with Crippen LogP contribution in [-0.4, -0.2) is 11.6 Å². The quantitative estimate of drug-likeness (QED) is 0.793. The van der Waals surface area contributed by atoms with E-state index in [0.29, 0.717) is 6.61 Å².